The fraction of sp³-hybridized carbons (Fsp3) is 0.294. The number of aryl methyl sites for hydroxylation is 1. The van der Waals surface area contributed by atoms with Gasteiger partial charge in [-0.15, -0.1) is 0 Å². The topological polar surface area (TPSA) is 88.6 Å². The zero-order chi connectivity index (χ0) is 17.0. The van der Waals surface area contributed by atoms with Gasteiger partial charge in [0.05, 0.1) is 25.0 Å². The van der Waals surface area contributed by atoms with Crippen molar-refractivity contribution in [2.75, 3.05) is 13.7 Å². The van der Waals surface area contributed by atoms with Gasteiger partial charge in [0.25, 0.3) is 0 Å². The van der Waals surface area contributed by atoms with E-state index in [1.165, 1.54) is 7.11 Å². The highest BCUT2D eigenvalue weighted by Gasteiger charge is 2.22. The van der Waals surface area contributed by atoms with Crippen LogP contribution in [0.25, 0.3) is 0 Å². The zero-order valence-corrected chi connectivity index (χ0v) is 13.3. The van der Waals surface area contributed by atoms with Crippen LogP contribution < -0.4 is 4.74 Å². The molecular weight excluding hydrogens is 298 g/mol. The summed E-state index contributed by atoms with van der Waals surface area (Å²) < 4.78 is 10.2. The Hall–Kier alpha value is -2.60. The number of aliphatic hydroxyl groups is 1. The fourth-order valence-corrected chi connectivity index (χ4v) is 2.43. The van der Waals surface area contributed by atoms with Gasteiger partial charge in [-0.2, -0.15) is 0 Å². The molecule has 0 atom stereocenters. The number of ketones is 1. The minimum absolute atomic E-state index is 0.169. The molecule has 23 heavy (non-hydrogen) atoms. The van der Waals surface area contributed by atoms with E-state index in [2.05, 4.69) is 4.98 Å². The first-order valence-electron chi connectivity index (χ1n) is 7.11. The van der Waals surface area contributed by atoms with Crippen molar-refractivity contribution >= 4 is 11.8 Å². The van der Waals surface area contributed by atoms with E-state index in [0.29, 0.717) is 33.8 Å². The molecule has 0 aliphatic rings. The number of Topliss-reactive ketones (excluding diaryl/α,β-unsaturated/α-hetero) is 1. The number of rotatable bonds is 6. The normalized spacial score (nSPS) is 10.4. The van der Waals surface area contributed by atoms with E-state index in [0.717, 1.165) is 0 Å². The molecular formula is C17H19NO5. The van der Waals surface area contributed by atoms with E-state index in [-0.39, 0.29) is 19.0 Å². The van der Waals surface area contributed by atoms with Crippen LogP contribution in [0.5, 0.6) is 5.75 Å². The molecule has 1 aromatic carbocycles. The van der Waals surface area contributed by atoms with Crippen molar-refractivity contribution < 1.29 is 24.2 Å². The van der Waals surface area contributed by atoms with Crippen LogP contribution in [0.4, 0.5) is 0 Å². The predicted octanol–water partition coefficient (Wildman–Crippen LogP) is 2.17. The van der Waals surface area contributed by atoms with E-state index in [9.17, 15) is 14.7 Å². The number of benzene rings is 1. The van der Waals surface area contributed by atoms with Gasteiger partial charge in [0, 0.05) is 11.3 Å². The minimum Gasteiger partial charge on any atom is -0.485 e. The smallest absolute Gasteiger partial charge is 0.339 e. The van der Waals surface area contributed by atoms with Gasteiger partial charge < -0.3 is 19.6 Å². The van der Waals surface area contributed by atoms with Gasteiger partial charge in [-0.05, 0) is 25.5 Å². The summed E-state index contributed by atoms with van der Waals surface area (Å²) in [6.45, 7) is 3.03. The van der Waals surface area contributed by atoms with Crippen LogP contribution >= 0.6 is 0 Å². The summed E-state index contributed by atoms with van der Waals surface area (Å²) in [5.74, 6) is -0.312. The third kappa shape index (κ3) is 3.43. The second kappa shape index (κ2) is 7.11. The van der Waals surface area contributed by atoms with Gasteiger partial charge in [0.1, 0.15) is 5.75 Å². The Morgan fingerprint density at radius 1 is 1.22 bits per heavy atom. The number of hydrogen-bond acceptors (Lipinski definition) is 5. The Kier molecular flexibility index (Phi) is 5.18. The Labute approximate surface area is 134 Å². The number of aliphatic hydroxyl groups excluding tert-OH is 1. The van der Waals surface area contributed by atoms with Crippen molar-refractivity contribution in [1.82, 2.24) is 4.98 Å². The summed E-state index contributed by atoms with van der Waals surface area (Å²) in [7, 11) is 1.30. The lowest BCUT2D eigenvalue weighted by Gasteiger charge is -2.09. The van der Waals surface area contributed by atoms with E-state index >= 15 is 0 Å². The van der Waals surface area contributed by atoms with Crippen LogP contribution in [-0.4, -0.2) is 35.6 Å². The standard InChI is InChI=1S/C17H19NO5/c1-10-15(17(21)22-3)11(2)18-16(10)13(20)9-23-14-7-5-4-6-12(14)8-19/h4-7,18-19H,8-9H2,1-3H3. The predicted molar refractivity (Wildman–Crippen MR) is 83.8 cm³/mol. The summed E-state index contributed by atoms with van der Waals surface area (Å²) in [5.41, 5.74) is 2.41. The lowest BCUT2D eigenvalue weighted by Crippen LogP contribution is -2.14. The van der Waals surface area contributed by atoms with Crippen LogP contribution in [0.2, 0.25) is 0 Å². The van der Waals surface area contributed by atoms with E-state index in [4.69, 9.17) is 9.47 Å². The molecule has 0 aliphatic heterocycles. The number of methoxy groups -OCH3 is 1. The van der Waals surface area contributed by atoms with Gasteiger partial charge in [-0.25, -0.2) is 4.79 Å². The molecule has 0 bridgehead atoms. The molecule has 0 spiro atoms. The highest BCUT2D eigenvalue weighted by atomic mass is 16.5. The van der Waals surface area contributed by atoms with Gasteiger partial charge in [-0.3, -0.25) is 4.79 Å². The molecule has 0 saturated carbocycles. The van der Waals surface area contributed by atoms with Crippen molar-refractivity contribution in [2.24, 2.45) is 0 Å². The van der Waals surface area contributed by atoms with E-state index in [1.807, 2.05) is 0 Å². The molecule has 0 amide bonds. The number of carbonyl (C=O) groups excluding carboxylic acids is 2. The second-order valence-corrected chi connectivity index (χ2v) is 5.09. The molecule has 0 radical (unpaired) electrons. The Morgan fingerprint density at radius 2 is 1.91 bits per heavy atom. The second-order valence-electron chi connectivity index (χ2n) is 5.09. The minimum atomic E-state index is -0.484. The van der Waals surface area contributed by atoms with Gasteiger partial charge >= 0.3 is 5.97 Å². The molecule has 0 unspecified atom stereocenters. The average Bonchev–Trinajstić information content (AvgIpc) is 2.86. The number of para-hydroxylation sites is 1. The lowest BCUT2D eigenvalue weighted by molar-refractivity contribution is 0.0599. The molecule has 2 aromatic rings. The number of aromatic amines is 1. The molecule has 0 fully saturated rings. The molecule has 1 heterocycles. The molecule has 0 aliphatic carbocycles. The van der Waals surface area contributed by atoms with E-state index in [1.54, 1.807) is 38.1 Å². The van der Waals surface area contributed by atoms with Crippen molar-refractivity contribution in [3.05, 3.63) is 52.3 Å². The van der Waals surface area contributed by atoms with Crippen LogP contribution in [-0.2, 0) is 11.3 Å². The third-order valence-corrected chi connectivity index (χ3v) is 3.61. The molecule has 2 rings (SSSR count). The first kappa shape index (κ1) is 16.8. The first-order valence-corrected chi connectivity index (χ1v) is 7.11. The molecule has 0 saturated heterocycles. The molecule has 122 valence electrons. The van der Waals surface area contributed by atoms with Crippen molar-refractivity contribution in [2.45, 2.75) is 20.5 Å². The number of ether oxygens (including phenoxy) is 2. The molecule has 6 nitrogen and oxygen atoms in total. The monoisotopic (exact) mass is 317 g/mol. The Bertz CT molecular complexity index is 733. The largest absolute Gasteiger partial charge is 0.485 e. The third-order valence-electron chi connectivity index (χ3n) is 3.61. The molecule has 6 heteroatoms. The lowest BCUT2D eigenvalue weighted by atomic mass is 10.1. The summed E-state index contributed by atoms with van der Waals surface area (Å²) in [4.78, 5) is 27.0. The van der Waals surface area contributed by atoms with Crippen molar-refractivity contribution in [3.8, 4) is 5.75 Å². The molecule has 1 aromatic heterocycles. The first-order chi connectivity index (χ1) is 11.0. The number of H-pyrrole nitrogens is 1. The number of nitrogens with one attached hydrogen (secondary N) is 1. The van der Waals surface area contributed by atoms with E-state index < -0.39 is 5.97 Å². The summed E-state index contributed by atoms with van der Waals surface area (Å²) in [6, 6.07) is 6.95. The highest BCUT2D eigenvalue weighted by molar-refractivity contribution is 6.02. The molecule has 2 N–H and O–H groups in total. The summed E-state index contributed by atoms with van der Waals surface area (Å²) in [5, 5.41) is 9.25. The SMILES string of the molecule is COC(=O)c1c(C)[nH]c(C(=O)COc2ccccc2CO)c1C. The average molecular weight is 317 g/mol. The number of carbonyl (C=O) groups is 2. The number of aromatic nitrogens is 1. The van der Waals surface area contributed by atoms with Gasteiger partial charge in [0.15, 0.2) is 6.61 Å². The van der Waals surface area contributed by atoms with Crippen molar-refractivity contribution in [3.63, 3.8) is 0 Å². The highest BCUT2D eigenvalue weighted by Crippen LogP contribution is 2.21. The van der Waals surface area contributed by atoms with Crippen LogP contribution in [0.1, 0.15) is 37.7 Å². The Morgan fingerprint density at radius 3 is 2.57 bits per heavy atom. The number of hydrogen-bond donors (Lipinski definition) is 2. The van der Waals surface area contributed by atoms with Crippen LogP contribution in [0.3, 0.4) is 0 Å². The van der Waals surface area contributed by atoms with Crippen LogP contribution in [0.15, 0.2) is 24.3 Å². The summed E-state index contributed by atoms with van der Waals surface area (Å²) in [6.07, 6.45) is 0. The maximum atomic E-state index is 12.3. The maximum absolute atomic E-state index is 12.3. The maximum Gasteiger partial charge on any atom is 0.339 e. The fourth-order valence-electron chi connectivity index (χ4n) is 2.43. The quantitative estimate of drug-likeness (QED) is 0.629. The van der Waals surface area contributed by atoms with Crippen LogP contribution in [0, 0.1) is 13.8 Å². The Balaban J connectivity index is 2.17. The summed E-state index contributed by atoms with van der Waals surface area (Å²) >= 11 is 0. The zero-order valence-electron chi connectivity index (χ0n) is 13.3. The van der Waals surface area contributed by atoms with Gasteiger partial charge in [-0.1, -0.05) is 18.2 Å². The van der Waals surface area contributed by atoms with Crippen molar-refractivity contribution in [1.29, 1.82) is 0 Å². The van der Waals surface area contributed by atoms with Gasteiger partial charge in [0.2, 0.25) is 5.78 Å². The number of esters is 1.